The second-order valence-corrected chi connectivity index (χ2v) is 11.5. The number of benzene rings is 1. The van der Waals surface area contributed by atoms with Crippen LogP contribution < -0.4 is 15.5 Å². The van der Waals surface area contributed by atoms with Gasteiger partial charge in [-0.1, -0.05) is 6.92 Å². The van der Waals surface area contributed by atoms with Gasteiger partial charge in [0.2, 0.25) is 5.95 Å². The summed E-state index contributed by atoms with van der Waals surface area (Å²) in [6, 6.07) is 9.08. The molecule has 11 heteroatoms. The van der Waals surface area contributed by atoms with Gasteiger partial charge in [0.25, 0.3) is 0 Å². The molecule has 1 aromatic carbocycles. The van der Waals surface area contributed by atoms with Gasteiger partial charge in [0.1, 0.15) is 5.56 Å². The minimum atomic E-state index is -4.56. The van der Waals surface area contributed by atoms with Gasteiger partial charge < -0.3 is 20.3 Å². The number of aryl methyl sites for hydroxylation is 1. The number of hydrogen-bond donors (Lipinski definition) is 2. The Morgan fingerprint density at radius 2 is 2.17 bits per heavy atom. The minimum Gasteiger partial charge on any atom is -0.375 e. The minimum absolute atomic E-state index is 0.103. The van der Waals surface area contributed by atoms with Crippen molar-refractivity contribution in [3.63, 3.8) is 0 Å². The number of halogens is 3. The van der Waals surface area contributed by atoms with Crippen molar-refractivity contribution in [1.82, 2.24) is 15.3 Å². The lowest BCUT2D eigenvalue weighted by atomic mass is 10.1. The van der Waals surface area contributed by atoms with E-state index in [0.717, 1.165) is 52.5 Å². The molecule has 2 atom stereocenters. The lowest BCUT2D eigenvalue weighted by Gasteiger charge is -2.30. The number of fused-ring (bicyclic) bond motifs is 3. The molecule has 190 valence electrons. The zero-order chi connectivity index (χ0) is 24.9. The molecule has 5 heterocycles. The largest absolute Gasteiger partial charge is 0.420 e. The number of thiophene rings is 1. The molecule has 2 bridgehead atoms. The Morgan fingerprint density at radius 3 is 2.92 bits per heavy atom. The lowest BCUT2D eigenvalue weighted by molar-refractivity contribution is -0.137. The highest BCUT2D eigenvalue weighted by atomic mass is 32.2. The van der Waals surface area contributed by atoms with E-state index in [9.17, 15) is 13.2 Å². The van der Waals surface area contributed by atoms with Gasteiger partial charge in [-0.2, -0.15) is 13.2 Å². The molecule has 3 aliphatic rings. The van der Waals surface area contributed by atoms with E-state index in [4.69, 9.17) is 4.74 Å². The van der Waals surface area contributed by atoms with Crippen LogP contribution in [-0.2, 0) is 23.9 Å². The van der Waals surface area contributed by atoms with E-state index in [1.165, 1.54) is 23.4 Å². The predicted octanol–water partition coefficient (Wildman–Crippen LogP) is 5.70. The summed E-state index contributed by atoms with van der Waals surface area (Å²) >= 11 is 2.91. The first-order valence-electron chi connectivity index (χ1n) is 12.1. The fourth-order valence-corrected chi connectivity index (χ4v) is 7.35. The van der Waals surface area contributed by atoms with Crippen LogP contribution in [0.25, 0.3) is 10.6 Å². The Labute approximate surface area is 215 Å². The van der Waals surface area contributed by atoms with Gasteiger partial charge in [-0.25, -0.2) is 9.97 Å². The summed E-state index contributed by atoms with van der Waals surface area (Å²) in [5.74, 6) is 0.925. The molecular formula is C25H26F3N5OS2. The first-order valence-corrected chi connectivity index (χ1v) is 13.9. The van der Waals surface area contributed by atoms with Crippen LogP contribution in [0.15, 0.2) is 35.4 Å². The third-order valence-corrected chi connectivity index (χ3v) is 9.21. The van der Waals surface area contributed by atoms with E-state index < -0.39 is 11.7 Å². The molecule has 0 saturated carbocycles. The molecule has 0 aliphatic carbocycles. The van der Waals surface area contributed by atoms with E-state index in [-0.39, 0.29) is 11.6 Å². The maximum absolute atomic E-state index is 13.9. The standard InChI is InChI=1S/C25H26F3N5OS2/c1-2-14-7-16(33-12-15-8-17(33)10-29-15)3-4-19(14)31-24-30-11-18(25(26,27)28)23(32-24)21-9-20-22(36-21)13-34-5-6-35-20/h3-4,7,9,11,15,17,29H,2,5-6,8,10,12-13H2,1H3,(H,30,31,32)/t15-,17-/m1/s1. The fraction of sp³-hybridized carbons (Fsp3) is 0.440. The fourth-order valence-electron chi connectivity index (χ4n) is 5.13. The molecule has 2 aromatic heterocycles. The van der Waals surface area contributed by atoms with Crippen LogP contribution in [0.4, 0.5) is 30.5 Å². The maximum atomic E-state index is 13.9. The highest BCUT2D eigenvalue weighted by Crippen LogP contribution is 2.43. The molecule has 0 amide bonds. The van der Waals surface area contributed by atoms with Gasteiger partial charge in [0.15, 0.2) is 0 Å². The predicted molar refractivity (Wildman–Crippen MR) is 137 cm³/mol. The number of thioether (sulfide) groups is 1. The van der Waals surface area contributed by atoms with E-state index >= 15 is 0 Å². The molecule has 6 rings (SSSR count). The Bertz CT molecular complexity index is 1260. The van der Waals surface area contributed by atoms with E-state index in [0.29, 0.717) is 30.2 Å². The average molecular weight is 534 g/mol. The van der Waals surface area contributed by atoms with Gasteiger partial charge in [-0.15, -0.1) is 23.1 Å². The zero-order valence-corrected chi connectivity index (χ0v) is 21.3. The highest BCUT2D eigenvalue weighted by Gasteiger charge is 2.38. The number of anilines is 3. The molecule has 2 N–H and O–H groups in total. The van der Waals surface area contributed by atoms with E-state index in [1.807, 2.05) is 6.07 Å². The molecule has 0 radical (unpaired) electrons. The van der Waals surface area contributed by atoms with Crippen LogP contribution in [0.3, 0.4) is 0 Å². The molecule has 3 aromatic rings. The Morgan fingerprint density at radius 1 is 1.28 bits per heavy atom. The normalized spacial score (nSPS) is 21.5. The number of nitrogens with one attached hydrogen (secondary N) is 2. The molecular weight excluding hydrogens is 507 g/mol. The number of rotatable bonds is 5. The molecule has 2 fully saturated rings. The molecule has 36 heavy (non-hydrogen) atoms. The van der Waals surface area contributed by atoms with Crippen molar-refractivity contribution in [1.29, 1.82) is 0 Å². The van der Waals surface area contributed by atoms with Crippen LogP contribution in [-0.4, -0.2) is 47.5 Å². The van der Waals surface area contributed by atoms with Gasteiger partial charge in [0, 0.05) is 58.3 Å². The van der Waals surface area contributed by atoms with E-state index in [1.54, 1.807) is 17.8 Å². The third-order valence-electron chi connectivity index (χ3n) is 6.92. The summed E-state index contributed by atoms with van der Waals surface area (Å²) < 4.78 is 47.2. The van der Waals surface area contributed by atoms with Crippen LogP contribution in [0.1, 0.15) is 29.3 Å². The number of hydrogen-bond acceptors (Lipinski definition) is 8. The summed E-state index contributed by atoms with van der Waals surface area (Å²) in [5.41, 5.74) is 2.12. The Kier molecular flexibility index (Phi) is 6.35. The number of piperazine rings is 1. The van der Waals surface area contributed by atoms with Crippen LogP contribution in [0, 0.1) is 0 Å². The SMILES string of the molecule is CCc1cc(N2C[C@H]3C[C@@H]2CN3)ccc1Nc1ncc(C(F)(F)F)c(-c2cc3c(s2)COCCS3)n1. The lowest BCUT2D eigenvalue weighted by Crippen LogP contribution is -2.43. The third kappa shape index (κ3) is 4.57. The highest BCUT2D eigenvalue weighted by molar-refractivity contribution is 7.99. The molecule has 0 unspecified atom stereocenters. The van der Waals surface area contributed by atoms with Crippen LogP contribution >= 0.6 is 23.1 Å². The van der Waals surface area contributed by atoms with Crippen molar-refractivity contribution >= 4 is 40.4 Å². The Balaban J connectivity index is 1.32. The molecule has 2 saturated heterocycles. The van der Waals surface area contributed by atoms with Gasteiger partial charge in [-0.3, -0.25) is 0 Å². The van der Waals surface area contributed by atoms with Crippen molar-refractivity contribution in [2.45, 2.75) is 49.5 Å². The summed E-state index contributed by atoms with van der Waals surface area (Å²) in [4.78, 5) is 13.2. The second-order valence-electron chi connectivity index (χ2n) is 9.22. The molecule has 3 aliphatic heterocycles. The second kappa shape index (κ2) is 9.51. The van der Waals surface area contributed by atoms with Crippen molar-refractivity contribution in [2.75, 3.05) is 35.7 Å². The van der Waals surface area contributed by atoms with Crippen LogP contribution in [0.2, 0.25) is 0 Å². The van der Waals surface area contributed by atoms with Crippen molar-refractivity contribution in [2.24, 2.45) is 0 Å². The molecule has 6 nitrogen and oxygen atoms in total. The summed E-state index contributed by atoms with van der Waals surface area (Å²) in [6.07, 6.45) is -1.73. The molecule has 0 spiro atoms. The number of ether oxygens (including phenoxy) is 1. The topological polar surface area (TPSA) is 62.3 Å². The van der Waals surface area contributed by atoms with Crippen molar-refractivity contribution in [3.05, 3.63) is 46.5 Å². The first kappa shape index (κ1) is 24.0. The zero-order valence-electron chi connectivity index (χ0n) is 19.7. The number of nitrogens with zero attached hydrogens (tertiary/aromatic N) is 3. The van der Waals surface area contributed by atoms with Gasteiger partial charge in [0.05, 0.1) is 23.8 Å². The maximum Gasteiger partial charge on any atom is 0.420 e. The van der Waals surface area contributed by atoms with Gasteiger partial charge in [-0.05, 0) is 42.7 Å². The van der Waals surface area contributed by atoms with E-state index in [2.05, 4.69) is 44.6 Å². The summed E-state index contributed by atoms with van der Waals surface area (Å²) in [5, 5.41) is 6.71. The van der Waals surface area contributed by atoms with Crippen molar-refractivity contribution in [3.8, 4) is 10.6 Å². The average Bonchev–Trinajstić information content (AvgIpc) is 3.57. The Hall–Kier alpha value is -2.34. The quantitative estimate of drug-likeness (QED) is 0.436. The summed E-state index contributed by atoms with van der Waals surface area (Å²) in [6.45, 7) is 5.11. The monoisotopic (exact) mass is 533 g/mol. The van der Waals surface area contributed by atoms with Crippen LogP contribution in [0.5, 0.6) is 0 Å². The first-order chi connectivity index (χ1) is 17.4. The van der Waals surface area contributed by atoms with Crippen molar-refractivity contribution < 1.29 is 17.9 Å². The number of aromatic nitrogens is 2. The number of alkyl halides is 3. The van der Waals surface area contributed by atoms with Gasteiger partial charge >= 0.3 is 6.18 Å². The smallest absolute Gasteiger partial charge is 0.375 e. The summed E-state index contributed by atoms with van der Waals surface area (Å²) in [7, 11) is 0.